The molecule has 1 N–H and O–H groups in total. The number of unbranched alkanes of at least 4 members (excludes halogenated alkanes) is 1. The second-order valence-corrected chi connectivity index (χ2v) is 7.25. The van der Waals surface area contributed by atoms with Crippen LogP contribution >= 0.6 is 0 Å². The summed E-state index contributed by atoms with van der Waals surface area (Å²) in [4.78, 5) is 4.29. The van der Waals surface area contributed by atoms with Gasteiger partial charge in [-0.15, -0.1) is 0 Å². The summed E-state index contributed by atoms with van der Waals surface area (Å²) in [7, 11) is 1.65. The zero-order valence-corrected chi connectivity index (χ0v) is 17.4. The summed E-state index contributed by atoms with van der Waals surface area (Å²) in [6.07, 6.45) is 7.89. The molecule has 0 aliphatic carbocycles. The van der Waals surface area contributed by atoms with Crippen molar-refractivity contribution in [3.05, 3.63) is 60.3 Å². The first kappa shape index (κ1) is 19.5. The fraction of sp³-hybridized carbons (Fsp3) is 0.261. The minimum atomic E-state index is 0.595. The first-order valence-corrected chi connectivity index (χ1v) is 9.98. The van der Waals surface area contributed by atoms with Crippen LogP contribution in [0.3, 0.4) is 0 Å². The van der Waals surface area contributed by atoms with E-state index < -0.39 is 0 Å². The Bertz CT molecular complexity index is 1230. The molecule has 0 radical (unpaired) electrons. The molecule has 0 aliphatic rings. The van der Waals surface area contributed by atoms with Gasteiger partial charge in [-0.2, -0.15) is 10.4 Å². The molecule has 0 atom stereocenters. The molecule has 0 saturated carbocycles. The molecule has 7 nitrogen and oxygen atoms in total. The van der Waals surface area contributed by atoms with E-state index in [0.29, 0.717) is 5.56 Å². The molecule has 30 heavy (non-hydrogen) atoms. The topological polar surface area (TPSA) is 80.7 Å². The van der Waals surface area contributed by atoms with Crippen molar-refractivity contribution in [3.63, 3.8) is 0 Å². The van der Waals surface area contributed by atoms with E-state index in [2.05, 4.69) is 23.3 Å². The summed E-state index contributed by atoms with van der Waals surface area (Å²) >= 11 is 0. The van der Waals surface area contributed by atoms with Crippen LogP contribution in [-0.2, 0) is 6.54 Å². The lowest BCUT2D eigenvalue weighted by molar-refractivity contribution is 0.413. The Hall–Kier alpha value is -3.79. The van der Waals surface area contributed by atoms with E-state index in [4.69, 9.17) is 9.84 Å². The lowest BCUT2D eigenvalue weighted by Crippen LogP contribution is -1.99. The highest BCUT2D eigenvalue weighted by molar-refractivity contribution is 5.93. The third kappa shape index (κ3) is 3.85. The molecule has 2 aromatic heterocycles. The number of methoxy groups -OCH3 is 1. The molecule has 0 saturated heterocycles. The molecule has 0 bridgehead atoms. The van der Waals surface area contributed by atoms with Gasteiger partial charge in [0.2, 0.25) is 0 Å². The van der Waals surface area contributed by atoms with Gasteiger partial charge < -0.3 is 14.6 Å². The Morgan fingerprint density at radius 3 is 2.77 bits per heavy atom. The fourth-order valence-electron chi connectivity index (χ4n) is 3.46. The number of ether oxygens (including phenoxy) is 1. The second-order valence-electron chi connectivity index (χ2n) is 7.25. The van der Waals surface area contributed by atoms with Crippen LogP contribution in [-0.4, -0.2) is 26.4 Å². The molecule has 0 spiro atoms. The normalized spacial score (nSPS) is 10.9. The summed E-state index contributed by atoms with van der Waals surface area (Å²) in [5.74, 6) is 0.721. The first-order chi connectivity index (χ1) is 14.6. The van der Waals surface area contributed by atoms with Gasteiger partial charge in [0, 0.05) is 36.1 Å². The summed E-state index contributed by atoms with van der Waals surface area (Å²) in [5, 5.41) is 18.5. The van der Waals surface area contributed by atoms with Gasteiger partial charge in [0.05, 0.1) is 42.1 Å². The van der Waals surface area contributed by atoms with Gasteiger partial charge in [0.25, 0.3) is 0 Å². The van der Waals surface area contributed by atoms with E-state index in [0.717, 1.165) is 58.8 Å². The summed E-state index contributed by atoms with van der Waals surface area (Å²) in [6, 6.07) is 11.8. The van der Waals surface area contributed by atoms with Crippen molar-refractivity contribution in [2.45, 2.75) is 33.2 Å². The SMILES string of the molecule is CCCCn1cc2cc(C#N)cc(Nc3ccc(-n4cnc(C)c4)c(OC)c3)c2n1. The summed E-state index contributed by atoms with van der Waals surface area (Å²) < 4.78 is 9.49. The molecule has 7 heteroatoms. The zero-order valence-electron chi connectivity index (χ0n) is 17.4. The Morgan fingerprint density at radius 2 is 2.07 bits per heavy atom. The highest BCUT2D eigenvalue weighted by Gasteiger charge is 2.12. The molecule has 0 amide bonds. The standard InChI is InChI=1S/C23H24N6O/c1-4-5-8-29-14-18-9-17(12-24)10-20(23(18)27-29)26-19-6-7-21(22(11-19)30-3)28-13-16(2)25-15-28/h6-7,9-11,13-15,26H,4-5,8H2,1-3H3. The van der Waals surface area contributed by atoms with E-state index in [1.807, 2.05) is 58.9 Å². The Kier molecular flexibility index (Phi) is 5.40. The van der Waals surface area contributed by atoms with Crippen molar-refractivity contribution >= 4 is 22.3 Å². The number of aromatic nitrogens is 4. The van der Waals surface area contributed by atoms with Crippen LogP contribution in [0.15, 0.2) is 49.1 Å². The van der Waals surface area contributed by atoms with E-state index in [1.165, 1.54) is 0 Å². The van der Waals surface area contributed by atoms with Gasteiger partial charge in [-0.3, -0.25) is 4.68 Å². The molecule has 4 rings (SSSR count). The molecule has 2 heterocycles. The molecular weight excluding hydrogens is 376 g/mol. The van der Waals surface area contributed by atoms with Crippen LogP contribution in [0.2, 0.25) is 0 Å². The number of nitrogens with zero attached hydrogens (tertiary/aromatic N) is 5. The van der Waals surface area contributed by atoms with Gasteiger partial charge in [-0.05, 0) is 37.6 Å². The Balaban J connectivity index is 1.71. The predicted octanol–water partition coefficient (Wildman–Crippen LogP) is 4.95. The maximum atomic E-state index is 9.45. The average molecular weight is 400 g/mol. The Morgan fingerprint density at radius 1 is 1.20 bits per heavy atom. The second kappa shape index (κ2) is 8.29. The van der Waals surface area contributed by atoms with E-state index >= 15 is 0 Å². The summed E-state index contributed by atoms with van der Waals surface area (Å²) in [6.45, 7) is 4.97. The molecule has 0 fully saturated rings. The van der Waals surface area contributed by atoms with E-state index in [-0.39, 0.29) is 0 Å². The van der Waals surface area contributed by atoms with E-state index in [9.17, 15) is 5.26 Å². The molecule has 0 unspecified atom stereocenters. The minimum Gasteiger partial charge on any atom is -0.494 e. The average Bonchev–Trinajstić information content (AvgIpc) is 3.37. The molecule has 0 aliphatic heterocycles. The number of imidazole rings is 1. The number of anilines is 2. The van der Waals surface area contributed by atoms with Crippen molar-refractivity contribution < 1.29 is 4.74 Å². The number of benzene rings is 2. The quantitative estimate of drug-likeness (QED) is 0.474. The maximum Gasteiger partial charge on any atom is 0.144 e. The van der Waals surface area contributed by atoms with Crippen LogP contribution < -0.4 is 10.1 Å². The smallest absolute Gasteiger partial charge is 0.144 e. The van der Waals surface area contributed by atoms with Crippen molar-refractivity contribution in [1.82, 2.24) is 19.3 Å². The molecular formula is C23H24N6O. The van der Waals surface area contributed by atoms with Crippen LogP contribution in [0, 0.1) is 18.3 Å². The third-order valence-electron chi connectivity index (χ3n) is 4.97. The number of aryl methyl sites for hydroxylation is 2. The predicted molar refractivity (Wildman–Crippen MR) is 117 cm³/mol. The maximum absolute atomic E-state index is 9.45. The van der Waals surface area contributed by atoms with Crippen LogP contribution in [0.1, 0.15) is 31.0 Å². The van der Waals surface area contributed by atoms with Gasteiger partial charge in [0.1, 0.15) is 11.3 Å². The first-order valence-electron chi connectivity index (χ1n) is 9.98. The molecule has 4 aromatic rings. The van der Waals surface area contributed by atoms with Gasteiger partial charge in [-0.1, -0.05) is 13.3 Å². The number of hydrogen-bond donors (Lipinski definition) is 1. The number of nitrogens with one attached hydrogen (secondary N) is 1. The van der Waals surface area contributed by atoms with Crippen LogP contribution in [0.4, 0.5) is 11.4 Å². The lowest BCUT2D eigenvalue weighted by Gasteiger charge is -2.13. The molecule has 152 valence electrons. The van der Waals surface area contributed by atoms with E-state index in [1.54, 1.807) is 13.4 Å². The fourth-order valence-corrected chi connectivity index (χ4v) is 3.46. The highest BCUT2D eigenvalue weighted by atomic mass is 16.5. The minimum absolute atomic E-state index is 0.595. The lowest BCUT2D eigenvalue weighted by atomic mass is 10.1. The Labute approximate surface area is 175 Å². The van der Waals surface area contributed by atoms with Crippen molar-refractivity contribution in [1.29, 1.82) is 5.26 Å². The van der Waals surface area contributed by atoms with Crippen molar-refractivity contribution in [2.24, 2.45) is 0 Å². The molecule has 2 aromatic carbocycles. The van der Waals surface area contributed by atoms with Crippen LogP contribution in [0.25, 0.3) is 16.6 Å². The van der Waals surface area contributed by atoms with Gasteiger partial charge >= 0.3 is 0 Å². The zero-order chi connectivity index (χ0) is 21.1. The monoisotopic (exact) mass is 400 g/mol. The summed E-state index contributed by atoms with van der Waals surface area (Å²) in [5.41, 5.74) is 4.94. The third-order valence-corrected chi connectivity index (χ3v) is 4.97. The number of hydrogen-bond acceptors (Lipinski definition) is 5. The van der Waals surface area contributed by atoms with Gasteiger partial charge in [-0.25, -0.2) is 4.98 Å². The number of rotatable bonds is 7. The van der Waals surface area contributed by atoms with Crippen molar-refractivity contribution in [3.8, 4) is 17.5 Å². The largest absolute Gasteiger partial charge is 0.494 e. The van der Waals surface area contributed by atoms with Gasteiger partial charge in [0.15, 0.2) is 0 Å². The van der Waals surface area contributed by atoms with Crippen molar-refractivity contribution in [2.75, 3.05) is 12.4 Å². The number of nitriles is 1. The van der Waals surface area contributed by atoms with Crippen LogP contribution in [0.5, 0.6) is 5.75 Å². The number of fused-ring (bicyclic) bond motifs is 1. The highest BCUT2D eigenvalue weighted by Crippen LogP contribution is 2.31.